The number of hydrogen-bond donors (Lipinski definition) is 2. The van der Waals surface area contributed by atoms with Crippen molar-refractivity contribution in [3.63, 3.8) is 0 Å². The van der Waals surface area contributed by atoms with Crippen LogP contribution in [0.2, 0.25) is 0 Å². The molecule has 0 bridgehead atoms. The summed E-state index contributed by atoms with van der Waals surface area (Å²) in [5, 5.41) is 2.21. The van der Waals surface area contributed by atoms with Crippen molar-refractivity contribution >= 4 is 29.3 Å². The van der Waals surface area contributed by atoms with Crippen LogP contribution in [-0.4, -0.2) is 53.7 Å². The van der Waals surface area contributed by atoms with Gasteiger partial charge in [-0.2, -0.15) is 0 Å². The van der Waals surface area contributed by atoms with Crippen molar-refractivity contribution in [3.8, 4) is 0 Å². The molecule has 3 heterocycles. The van der Waals surface area contributed by atoms with Gasteiger partial charge >= 0.3 is 0 Å². The molecule has 1 aromatic carbocycles. The van der Waals surface area contributed by atoms with Crippen LogP contribution in [0.15, 0.2) is 18.2 Å². The molecule has 0 saturated carbocycles. The first kappa shape index (κ1) is 18.6. The highest BCUT2D eigenvalue weighted by molar-refractivity contribution is 6.23. The summed E-state index contributed by atoms with van der Waals surface area (Å²) in [7, 11) is 0. The van der Waals surface area contributed by atoms with Gasteiger partial charge < -0.3 is 10.6 Å². The lowest BCUT2D eigenvalue weighted by Crippen LogP contribution is -2.54. The van der Waals surface area contributed by atoms with Gasteiger partial charge in [0.25, 0.3) is 11.8 Å². The zero-order chi connectivity index (χ0) is 20.0. The number of nitrogens with two attached hydrogens (primary N) is 1. The second-order valence-electron chi connectivity index (χ2n) is 7.89. The van der Waals surface area contributed by atoms with Crippen LogP contribution in [0.1, 0.15) is 53.3 Å². The largest absolute Gasteiger partial charge is 0.367 e. The van der Waals surface area contributed by atoms with Crippen molar-refractivity contribution in [3.05, 3.63) is 29.3 Å². The number of carbonyl (C=O) groups is 4. The Morgan fingerprint density at radius 1 is 1.11 bits per heavy atom. The first-order valence-corrected chi connectivity index (χ1v) is 9.73. The maximum absolute atomic E-state index is 13.0. The van der Waals surface area contributed by atoms with E-state index < -0.39 is 23.8 Å². The van der Waals surface area contributed by atoms with Crippen LogP contribution in [0, 0.1) is 5.92 Å². The van der Waals surface area contributed by atoms with Crippen molar-refractivity contribution in [2.24, 2.45) is 11.7 Å². The number of nitrogens with one attached hydrogen (secondary N) is 1. The van der Waals surface area contributed by atoms with Crippen LogP contribution in [0.3, 0.4) is 0 Å². The molecule has 28 heavy (non-hydrogen) atoms. The fourth-order valence-electron chi connectivity index (χ4n) is 4.45. The molecule has 2 fully saturated rings. The van der Waals surface area contributed by atoms with Gasteiger partial charge in [0.1, 0.15) is 6.04 Å². The van der Waals surface area contributed by atoms with Gasteiger partial charge in [-0.3, -0.25) is 29.4 Å². The first-order valence-electron chi connectivity index (χ1n) is 9.73. The maximum atomic E-state index is 13.0. The fourth-order valence-corrected chi connectivity index (χ4v) is 4.45. The molecule has 4 rings (SSSR count). The smallest absolute Gasteiger partial charge is 0.262 e. The van der Waals surface area contributed by atoms with Gasteiger partial charge in [-0.05, 0) is 43.4 Å². The molecule has 0 aliphatic carbocycles. The highest BCUT2D eigenvalue weighted by Gasteiger charge is 2.44. The van der Waals surface area contributed by atoms with E-state index in [1.807, 2.05) is 6.07 Å². The lowest BCUT2D eigenvalue weighted by Gasteiger charge is -2.39. The highest BCUT2D eigenvalue weighted by atomic mass is 16.2. The molecule has 2 saturated heterocycles. The minimum atomic E-state index is -0.943. The molecule has 3 aliphatic heterocycles. The Kier molecular flexibility index (Phi) is 4.66. The fraction of sp³-hybridized carbons (Fsp3) is 0.500. The minimum absolute atomic E-state index is 0.110. The normalized spacial score (nSPS) is 27.9. The van der Waals surface area contributed by atoms with Crippen molar-refractivity contribution in [2.45, 2.75) is 44.7 Å². The van der Waals surface area contributed by atoms with E-state index in [0.29, 0.717) is 23.6 Å². The molecule has 148 valence electrons. The predicted molar refractivity (Wildman–Crippen MR) is 102 cm³/mol. The SMILES string of the molecule is C[C@@H]1CCN(c2ccc3c(c2)C(=O)N(C2CCC(=O)NC2=O)C3=O)[C@H](CN)C1. The molecule has 3 N–H and O–H groups in total. The van der Waals surface area contributed by atoms with Crippen LogP contribution >= 0.6 is 0 Å². The summed E-state index contributed by atoms with van der Waals surface area (Å²) in [6.07, 6.45) is 2.30. The average molecular weight is 384 g/mol. The maximum Gasteiger partial charge on any atom is 0.262 e. The quantitative estimate of drug-likeness (QED) is 0.740. The Morgan fingerprint density at radius 2 is 1.86 bits per heavy atom. The lowest BCUT2D eigenvalue weighted by molar-refractivity contribution is -0.136. The first-order chi connectivity index (χ1) is 13.4. The summed E-state index contributed by atoms with van der Waals surface area (Å²) in [6, 6.07) is 4.49. The summed E-state index contributed by atoms with van der Waals surface area (Å²) >= 11 is 0. The second kappa shape index (κ2) is 7.01. The van der Waals surface area contributed by atoms with Crippen LogP contribution in [0.25, 0.3) is 0 Å². The summed E-state index contributed by atoms with van der Waals surface area (Å²) < 4.78 is 0. The Balaban J connectivity index is 1.62. The van der Waals surface area contributed by atoms with Crippen LogP contribution in [0.5, 0.6) is 0 Å². The molecule has 1 unspecified atom stereocenters. The number of carbonyl (C=O) groups excluding carboxylic acids is 4. The van der Waals surface area contributed by atoms with Gasteiger partial charge in [0.15, 0.2) is 0 Å². The van der Waals surface area contributed by atoms with Gasteiger partial charge in [0.05, 0.1) is 11.1 Å². The third-order valence-corrected chi connectivity index (χ3v) is 6.01. The molecule has 3 atom stereocenters. The molecular weight excluding hydrogens is 360 g/mol. The zero-order valence-corrected chi connectivity index (χ0v) is 15.8. The summed E-state index contributed by atoms with van der Waals surface area (Å²) in [5.41, 5.74) is 7.43. The van der Waals surface area contributed by atoms with E-state index in [0.717, 1.165) is 30.0 Å². The van der Waals surface area contributed by atoms with E-state index in [-0.39, 0.29) is 24.8 Å². The number of nitrogens with zero attached hydrogens (tertiary/aromatic N) is 2. The number of hydrogen-bond acceptors (Lipinski definition) is 6. The Bertz CT molecular complexity index is 868. The van der Waals surface area contributed by atoms with Crippen molar-refractivity contribution in [1.29, 1.82) is 0 Å². The van der Waals surface area contributed by atoms with Crippen molar-refractivity contribution < 1.29 is 19.2 Å². The van der Waals surface area contributed by atoms with Crippen LogP contribution in [-0.2, 0) is 9.59 Å². The number of fused-ring (bicyclic) bond motifs is 1. The minimum Gasteiger partial charge on any atom is -0.367 e. The molecular formula is C20H24N4O4. The highest BCUT2D eigenvalue weighted by Crippen LogP contribution is 2.33. The molecule has 0 radical (unpaired) electrons. The number of benzene rings is 1. The van der Waals surface area contributed by atoms with Crippen LogP contribution in [0.4, 0.5) is 5.69 Å². The Morgan fingerprint density at radius 3 is 2.57 bits per heavy atom. The summed E-state index contributed by atoms with van der Waals surface area (Å²) in [4.78, 5) is 52.5. The topological polar surface area (TPSA) is 113 Å². The van der Waals surface area contributed by atoms with Crippen molar-refractivity contribution in [2.75, 3.05) is 18.0 Å². The lowest BCUT2D eigenvalue weighted by atomic mass is 9.91. The standard InChI is InChI=1S/C20H24N4O4/c1-11-6-7-23(13(8-11)10-21)12-2-3-14-15(9-12)20(28)24(19(14)27)16-4-5-17(25)22-18(16)26/h2-3,9,11,13,16H,4-8,10,21H2,1H3,(H,22,25,26)/t11-,13+,16?/m1/s1. The van der Waals surface area contributed by atoms with E-state index >= 15 is 0 Å². The van der Waals surface area contributed by atoms with Crippen molar-refractivity contribution in [1.82, 2.24) is 10.2 Å². The third kappa shape index (κ3) is 2.97. The zero-order valence-electron chi connectivity index (χ0n) is 15.8. The van der Waals surface area contributed by atoms with Gasteiger partial charge in [0.2, 0.25) is 11.8 Å². The Hall–Kier alpha value is -2.74. The third-order valence-electron chi connectivity index (χ3n) is 6.01. The van der Waals surface area contributed by atoms with Gasteiger partial charge in [-0.15, -0.1) is 0 Å². The predicted octanol–water partition coefficient (Wildman–Crippen LogP) is 0.651. The molecule has 1 aromatic rings. The van der Waals surface area contributed by atoms with E-state index in [9.17, 15) is 19.2 Å². The molecule has 0 spiro atoms. The number of piperidine rings is 2. The molecule has 4 amide bonds. The van der Waals surface area contributed by atoms with E-state index in [4.69, 9.17) is 5.73 Å². The van der Waals surface area contributed by atoms with Gasteiger partial charge in [-0.1, -0.05) is 6.92 Å². The Labute approximate surface area is 163 Å². The summed E-state index contributed by atoms with van der Waals surface area (Å²) in [6.45, 7) is 3.58. The molecule has 0 aromatic heterocycles. The van der Waals surface area contributed by atoms with Gasteiger partial charge in [0, 0.05) is 31.2 Å². The van der Waals surface area contributed by atoms with E-state index in [1.54, 1.807) is 12.1 Å². The number of rotatable bonds is 3. The molecule has 8 heteroatoms. The number of amides is 4. The molecule has 3 aliphatic rings. The number of anilines is 1. The van der Waals surface area contributed by atoms with E-state index in [2.05, 4.69) is 17.1 Å². The summed E-state index contributed by atoms with van der Waals surface area (Å²) in [5.74, 6) is -1.34. The van der Waals surface area contributed by atoms with Gasteiger partial charge in [-0.25, -0.2) is 0 Å². The van der Waals surface area contributed by atoms with E-state index in [1.165, 1.54) is 0 Å². The monoisotopic (exact) mass is 384 g/mol. The van der Waals surface area contributed by atoms with Crippen LogP contribution < -0.4 is 16.0 Å². The average Bonchev–Trinajstić information content (AvgIpc) is 2.92. The molecule has 8 nitrogen and oxygen atoms in total. The number of imide groups is 2. The second-order valence-corrected chi connectivity index (χ2v) is 7.89.